The molecule has 3 atom stereocenters. The molecule has 12 heteroatoms. The number of Topliss-reactive ketones (excluding diaryl/α,β-unsaturated/α-hetero) is 2. The van der Waals surface area contributed by atoms with Crippen molar-refractivity contribution in [2.75, 3.05) is 26.4 Å². The van der Waals surface area contributed by atoms with Gasteiger partial charge in [-0.1, -0.05) is 0 Å². The maximum Gasteiger partial charge on any atom is 0.508 e. The van der Waals surface area contributed by atoms with E-state index in [9.17, 15) is 29.1 Å². The molecule has 0 saturated carbocycles. The predicted octanol–water partition coefficient (Wildman–Crippen LogP) is 1.33. The molecular formula is C20H20O12. The Morgan fingerprint density at radius 3 is 2.00 bits per heavy atom. The quantitative estimate of drug-likeness (QED) is 0.248. The highest BCUT2D eigenvalue weighted by Crippen LogP contribution is 2.26. The van der Waals surface area contributed by atoms with Crippen LogP contribution in [0.3, 0.4) is 0 Å². The van der Waals surface area contributed by atoms with Crippen molar-refractivity contribution < 1.29 is 57.5 Å². The Morgan fingerprint density at radius 1 is 0.938 bits per heavy atom. The standard InChI is InChI=1S/C20H20O12/c1-9(21)13-3-16(18(24)28-6-12-8-30-20(26)32-12)14(10(2)22)4-15(13)17(23)27-5-11-7-29-19(25)31-11/h3-4,11-12,17,23H,5-8H2,1-2H3. The van der Waals surface area contributed by atoms with E-state index < -0.39 is 48.3 Å². The molecule has 0 aliphatic carbocycles. The Kier molecular flexibility index (Phi) is 7.05. The maximum atomic E-state index is 12.6. The van der Waals surface area contributed by atoms with Crippen molar-refractivity contribution in [1.29, 1.82) is 0 Å². The number of aliphatic hydroxyl groups is 1. The highest BCUT2D eigenvalue weighted by atomic mass is 16.8. The van der Waals surface area contributed by atoms with E-state index in [4.69, 9.17) is 18.9 Å². The first-order chi connectivity index (χ1) is 15.2. The fourth-order valence-electron chi connectivity index (χ4n) is 3.01. The smallest absolute Gasteiger partial charge is 0.458 e. The largest absolute Gasteiger partial charge is 0.508 e. The van der Waals surface area contributed by atoms with Gasteiger partial charge < -0.3 is 33.5 Å². The van der Waals surface area contributed by atoms with Crippen molar-refractivity contribution in [3.05, 3.63) is 34.4 Å². The molecular weight excluding hydrogens is 432 g/mol. The molecule has 0 amide bonds. The summed E-state index contributed by atoms with van der Waals surface area (Å²) in [5, 5.41) is 10.4. The van der Waals surface area contributed by atoms with Gasteiger partial charge in [-0.05, 0) is 26.0 Å². The summed E-state index contributed by atoms with van der Waals surface area (Å²) in [6, 6.07) is 2.29. The lowest BCUT2D eigenvalue weighted by atomic mass is 9.94. The van der Waals surface area contributed by atoms with Crippen LogP contribution in [0.25, 0.3) is 0 Å². The minimum Gasteiger partial charge on any atom is -0.458 e. The van der Waals surface area contributed by atoms with Crippen molar-refractivity contribution in [3.8, 4) is 0 Å². The van der Waals surface area contributed by atoms with Gasteiger partial charge >= 0.3 is 18.3 Å². The second-order valence-corrected chi connectivity index (χ2v) is 6.98. The molecule has 12 nitrogen and oxygen atoms in total. The molecule has 2 heterocycles. The number of hydrogen-bond donors (Lipinski definition) is 1. The van der Waals surface area contributed by atoms with Crippen LogP contribution in [0.15, 0.2) is 12.1 Å². The molecule has 3 unspecified atom stereocenters. The first kappa shape index (κ1) is 23.2. The van der Waals surface area contributed by atoms with Crippen molar-refractivity contribution in [3.63, 3.8) is 0 Å². The zero-order valence-electron chi connectivity index (χ0n) is 17.2. The lowest BCUT2D eigenvalue weighted by Gasteiger charge is -2.19. The Balaban J connectivity index is 1.80. The lowest BCUT2D eigenvalue weighted by molar-refractivity contribution is -0.121. The number of cyclic esters (lactones) is 4. The van der Waals surface area contributed by atoms with Crippen LogP contribution in [0, 0.1) is 0 Å². The summed E-state index contributed by atoms with van der Waals surface area (Å²) in [4.78, 5) is 58.8. The van der Waals surface area contributed by atoms with Gasteiger partial charge in [0.2, 0.25) is 0 Å². The molecule has 1 N–H and O–H groups in total. The number of carbonyl (C=O) groups excluding carboxylic acids is 5. The van der Waals surface area contributed by atoms with Gasteiger partial charge in [0.25, 0.3) is 0 Å². The Labute approximate surface area is 181 Å². The van der Waals surface area contributed by atoms with Gasteiger partial charge in [-0.25, -0.2) is 14.4 Å². The third-order valence-corrected chi connectivity index (χ3v) is 4.57. The van der Waals surface area contributed by atoms with E-state index in [1.807, 2.05) is 0 Å². The SMILES string of the molecule is CC(=O)c1cc(C(O)OCC2COC(=O)O2)c(C(C)=O)cc1C(=O)OCC1COC(=O)O1. The molecule has 2 aliphatic rings. The summed E-state index contributed by atoms with van der Waals surface area (Å²) >= 11 is 0. The van der Waals surface area contributed by atoms with Crippen LogP contribution in [0.4, 0.5) is 9.59 Å². The van der Waals surface area contributed by atoms with Crippen molar-refractivity contribution in [2.24, 2.45) is 0 Å². The van der Waals surface area contributed by atoms with Gasteiger partial charge in [0, 0.05) is 16.7 Å². The van der Waals surface area contributed by atoms with Crippen molar-refractivity contribution >= 4 is 29.8 Å². The maximum absolute atomic E-state index is 12.6. The second kappa shape index (κ2) is 9.75. The summed E-state index contributed by atoms with van der Waals surface area (Å²) in [6.45, 7) is 1.71. The Morgan fingerprint density at radius 2 is 1.50 bits per heavy atom. The van der Waals surface area contributed by atoms with Gasteiger partial charge in [0.15, 0.2) is 30.1 Å². The average molecular weight is 452 g/mol. The summed E-state index contributed by atoms with van der Waals surface area (Å²) in [5.41, 5.74) is -0.456. The van der Waals surface area contributed by atoms with Gasteiger partial charge in [0.05, 0.1) is 12.2 Å². The highest BCUT2D eigenvalue weighted by molar-refractivity contribution is 6.08. The molecule has 2 saturated heterocycles. The fraction of sp³-hybridized carbons (Fsp3) is 0.450. The summed E-state index contributed by atoms with van der Waals surface area (Å²) in [6.07, 6.45) is -4.94. The number of carbonyl (C=O) groups is 5. The van der Waals surface area contributed by atoms with E-state index in [0.717, 1.165) is 12.1 Å². The number of benzene rings is 1. The zero-order valence-corrected chi connectivity index (χ0v) is 17.2. The molecule has 0 aromatic heterocycles. The third-order valence-electron chi connectivity index (χ3n) is 4.57. The van der Waals surface area contributed by atoms with E-state index in [0.29, 0.717) is 0 Å². The molecule has 1 aromatic carbocycles. The molecule has 0 spiro atoms. The van der Waals surface area contributed by atoms with Gasteiger partial charge in [-0.2, -0.15) is 0 Å². The first-order valence-electron chi connectivity index (χ1n) is 9.49. The first-order valence-corrected chi connectivity index (χ1v) is 9.49. The van der Waals surface area contributed by atoms with E-state index in [-0.39, 0.29) is 48.7 Å². The van der Waals surface area contributed by atoms with Crippen molar-refractivity contribution in [2.45, 2.75) is 32.3 Å². The molecule has 32 heavy (non-hydrogen) atoms. The Hall–Kier alpha value is -3.51. The van der Waals surface area contributed by atoms with Crippen LogP contribution in [-0.2, 0) is 28.4 Å². The predicted molar refractivity (Wildman–Crippen MR) is 100 cm³/mol. The minimum absolute atomic E-state index is 0.0531. The lowest BCUT2D eigenvalue weighted by Crippen LogP contribution is -2.23. The van der Waals surface area contributed by atoms with Crippen LogP contribution >= 0.6 is 0 Å². The monoisotopic (exact) mass is 452 g/mol. The Bertz CT molecular complexity index is 952. The normalized spacial score (nSPS) is 20.6. The second-order valence-electron chi connectivity index (χ2n) is 6.98. The van der Waals surface area contributed by atoms with E-state index in [1.54, 1.807) is 0 Å². The highest BCUT2D eigenvalue weighted by Gasteiger charge is 2.30. The molecule has 0 radical (unpaired) electrons. The minimum atomic E-state index is -1.66. The van der Waals surface area contributed by atoms with Crippen LogP contribution in [0.1, 0.15) is 56.8 Å². The average Bonchev–Trinajstić information content (AvgIpc) is 3.36. The molecule has 1 aromatic rings. The van der Waals surface area contributed by atoms with Crippen LogP contribution in [0.2, 0.25) is 0 Å². The van der Waals surface area contributed by atoms with Gasteiger partial charge in [-0.3, -0.25) is 9.59 Å². The molecule has 2 aliphatic heterocycles. The summed E-state index contributed by atoms with van der Waals surface area (Å²) in [5.74, 6) is -1.98. The number of ether oxygens (including phenoxy) is 6. The van der Waals surface area contributed by atoms with Crippen LogP contribution < -0.4 is 0 Å². The fourth-order valence-corrected chi connectivity index (χ4v) is 3.01. The molecule has 172 valence electrons. The number of aliphatic hydroxyl groups excluding tert-OH is 1. The van der Waals surface area contributed by atoms with Gasteiger partial charge in [-0.15, -0.1) is 0 Å². The third kappa shape index (κ3) is 5.39. The summed E-state index contributed by atoms with van der Waals surface area (Å²) < 4.78 is 29.1. The number of esters is 1. The van der Waals surface area contributed by atoms with E-state index >= 15 is 0 Å². The van der Waals surface area contributed by atoms with Gasteiger partial charge in [0.1, 0.15) is 19.8 Å². The van der Waals surface area contributed by atoms with E-state index in [2.05, 4.69) is 9.47 Å². The number of rotatable bonds is 9. The molecule has 3 rings (SSSR count). The number of hydrogen-bond acceptors (Lipinski definition) is 12. The summed E-state index contributed by atoms with van der Waals surface area (Å²) in [7, 11) is 0. The zero-order chi connectivity index (χ0) is 23.4. The van der Waals surface area contributed by atoms with Crippen LogP contribution in [0.5, 0.6) is 0 Å². The molecule has 0 bridgehead atoms. The van der Waals surface area contributed by atoms with Crippen LogP contribution in [-0.4, -0.2) is 73.6 Å². The topological polar surface area (TPSA) is 161 Å². The van der Waals surface area contributed by atoms with E-state index in [1.165, 1.54) is 13.8 Å². The molecule has 2 fully saturated rings. The number of ketones is 2. The van der Waals surface area contributed by atoms with Crippen molar-refractivity contribution in [1.82, 2.24) is 0 Å².